The van der Waals surface area contributed by atoms with Gasteiger partial charge < -0.3 is 5.11 Å². The number of aliphatic hydroxyl groups is 1. The fourth-order valence-corrected chi connectivity index (χ4v) is 0.0896. The van der Waals surface area contributed by atoms with Crippen molar-refractivity contribution in [3.63, 3.8) is 0 Å². The van der Waals surface area contributed by atoms with Gasteiger partial charge in [0.1, 0.15) is 6.61 Å². The van der Waals surface area contributed by atoms with Crippen LogP contribution in [0.3, 0.4) is 0 Å². The molecule has 0 aliphatic carbocycles. The van der Waals surface area contributed by atoms with Gasteiger partial charge in [-0.1, -0.05) is 0 Å². The molecule has 0 rings (SSSR count). The molecular weight excluding hydrogens is 166 g/mol. The summed E-state index contributed by atoms with van der Waals surface area (Å²) in [6.07, 6.45) is -5.64. The van der Waals surface area contributed by atoms with E-state index in [-0.39, 0.29) is 4.70 Å². The lowest BCUT2D eigenvalue weighted by molar-refractivity contribution is -0.292. The van der Waals surface area contributed by atoms with Crippen LogP contribution in [0, 0.1) is 0 Å². The highest BCUT2D eigenvalue weighted by molar-refractivity contribution is 4.73. The second-order valence-electron chi connectivity index (χ2n) is 1.36. The van der Waals surface area contributed by atoms with Crippen molar-refractivity contribution in [2.45, 2.75) is 12.1 Å². The number of halogens is 6. The van der Waals surface area contributed by atoms with Crippen LogP contribution in [0.4, 0.5) is 26.7 Å². The second kappa shape index (κ2) is 3.09. The van der Waals surface area contributed by atoms with Crippen LogP contribution < -0.4 is 0 Å². The Morgan fingerprint density at radius 1 is 1.00 bits per heavy atom. The van der Waals surface area contributed by atoms with Crippen LogP contribution in [0.1, 0.15) is 0 Å². The van der Waals surface area contributed by atoms with Crippen LogP contribution in [-0.2, 0) is 0 Å². The Bertz CT molecular complexity index is 95.7. The molecule has 1 nitrogen and oxygen atoms in total. The standard InChI is InChI=1S/C3H3F5O.FH/c4-2(5,1-9)3(6,7)8;/h9H,1H2;1H. The van der Waals surface area contributed by atoms with Gasteiger partial charge in [-0.3, -0.25) is 4.70 Å². The average Bonchev–Trinajstić information content (AvgIpc) is 1.64. The smallest absolute Gasteiger partial charge is 0.390 e. The molecule has 0 aromatic carbocycles. The maximum Gasteiger partial charge on any atom is 0.455 e. The maximum atomic E-state index is 11.3. The summed E-state index contributed by atoms with van der Waals surface area (Å²) in [7, 11) is 0. The lowest BCUT2D eigenvalue weighted by Crippen LogP contribution is -2.39. The van der Waals surface area contributed by atoms with E-state index < -0.39 is 18.7 Å². The van der Waals surface area contributed by atoms with Gasteiger partial charge in [-0.25, -0.2) is 0 Å². The Balaban J connectivity index is 0. The molecule has 0 aromatic heterocycles. The van der Waals surface area contributed by atoms with Crippen molar-refractivity contribution in [2.75, 3.05) is 6.61 Å². The first-order valence-electron chi connectivity index (χ1n) is 1.86. The van der Waals surface area contributed by atoms with Crippen molar-refractivity contribution >= 4 is 0 Å². The first-order valence-corrected chi connectivity index (χ1v) is 1.86. The van der Waals surface area contributed by atoms with Crippen molar-refractivity contribution in [3.8, 4) is 0 Å². The van der Waals surface area contributed by atoms with E-state index in [1.165, 1.54) is 0 Å². The topological polar surface area (TPSA) is 20.2 Å². The number of hydrogen-bond acceptors (Lipinski definition) is 1. The largest absolute Gasteiger partial charge is 0.455 e. The third-order valence-electron chi connectivity index (χ3n) is 0.613. The van der Waals surface area contributed by atoms with Gasteiger partial charge in [0.15, 0.2) is 0 Å². The fraction of sp³-hybridized carbons (Fsp3) is 1.00. The number of rotatable bonds is 1. The Kier molecular flexibility index (Phi) is 3.78. The quantitative estimate of drug-likeness (QED) is 0.588. The van der Waals surface area contributed by atoms with Gasteiger partial charge in [-0.15, -0.1) is 0 Å². The summed E-state index contributed by atoms with van der Waals surface area (Å²) in [5, 5.41) is 7.46. The highest BCUT2D eigenvalue weighted by Crippen LogP contribution is 2.34. The minimum absolute atomic E-state index is 0. The first-order chi connectivity index (χ1) is 3.81. The summed E-state index contributed by atoms with van der Waals surface area (Å²) in [6.45, 7) is -2.20. The van der Waals surface area contributed by atoms with E-state index in [1.807, 2.05) is 0 Å². The summed E-state index contributed by atoms with van der Waals surface area (Å²) in [5.74, 6) is -4.97. The monoisotopic (exact) mass is 170 g/mol. The molecular formula is C3H4F6O. The average molecular weight is 170 g/mol. The molecule has 0 spiro atoms. The zero-order valence-electron chi connectivity index (χ0n) is 4.45. The van der Waals surface area contributed by atoms with Gasteiger partial charge in [-0.05, 0) is 0 Å². The van der Waals surface area contributed by atoms with Gasteiger partial charge in [0, 0.05) is 0 Å². The predicted molar refractivity (Wildman–Crippen MR) is 20.6 cm³/mol. The third-order valence-corrected chi connectivity index (χ3v) is 0.613. The Labute approximate surface area is 51.8 Å². The molecule has 0 heterocycles. The van der Waals surface area contributed by atoms with Gasteiger partial charge in [0.25, 0.3) is 0 Å². The molecule has 0 aliphatic rings. The molecule has 0 bridgehead atoms. The Morgan fingerprint density at radius 2 is 1.30 bits per heavy atom. The number of alkyl halides is 5. The highest BCUT2D eigenvalue weighted by Gasteiger charge is 2.56. The van der Waals surface area contributed by atoms with Crippen molar-refractivity contribution in [1.82, 2.24) is 0 Å². The molecule has 0 fully saturated rings. The number of aliphatic hydroxyl groups excluding tert-OH is 1. The molecule has 0 unspecified atom stereocenters. The minimum Gasteiger partial charge on any atom is -0.390 e. The van der Waals surface area contributed by atoms with Gasteiger partial charge >= 0.3 is 12.1 Å². The van der Waals surface area contributed by atoms with Crippen molar-refractivity contribution in [2.24, 2.45) is 0 Å². The molecule has 0 aromatic rings. The Hall–Kier alpha value is -0.460. The van der Waals surface area contributed by atoms with Crippen LogP contribution in [0.25, 0.3) is 0 Å². The molecule has 7 heteroatoms. The normalized spacial score (nSPS) is 12.6. The summed E-state index contributed by atoms with van der Waals surface area (Å²) in [6, 6.07) is 0. The lowest BCUT2D eigenvalue weighted by Gasteiger charge is -2.15. The van der Waals surface area contributed by atoms with Crippen LogP contribution in [0.15, 0.2) is 0 Å². The molecule has 1 N–H and O–H groups in total. The predicted octanol–water partition coefficient (Wildman–Crippen LogP) is 1.33. The van der Waals surface area contributed by atoms with Crippen LogP contribution in [0.5, 0.6) is 0 Å². The molecule has 0 atom stereocenters. The Morgan fingerprint density at radius 3 is 1.30 bits per heavy atom. The van der Waals surface area contributed by atoms with Gasteiger partial charge in [0.2, 0.25) is 0 Å². The molecule has 0 saturated heterocycles. The molecule has 0 saturated carbocycles. The summed E-state index contributed by atoms with van der Waals surface area (Å²) in [4.78, 5) is 0. The number of hydrogen-bond donors (Lipinski definition) is 1. The minimum atomic E-state index is -5.64. The highest BCUT2D eigenvalue weighted by atomic mass is 19.4. The van der Waals surface area contributed by atoms with E-state index in [9.17, 15) is 22.0 Å². The van der Waals surface area contributed by atoms with E-state index in [1.54, 1.807) is 0 Å². The van der Waals surface area contributed by atoms with E-state index >= 15 is 0 Å². The first kappa shape index (κ1) is 12.2. The second-order valence-corrected chi connectivity index (χ2v) is 1.36. The van der Waals surface area contributed by atoms with Crippen molar-refractivity contribution in [1.29, 1.82) is 0 Å². The van der Waals surface area contributed by atoms with Crippen molar-refractivity contribution < 1.29 is 31.8 Å². The summed E-state index contributed by atoms with van der Waals surface area (Å²) in [5.41, 5.74) is 0. The molecule has 0 amide bonds. The van der Waals surface area contributed by atoms with E-state index in [0.29, 0.717) is 0 Å². The SMILES string of the molecule is F.OCC(F)(F)C(F)(F)F. The summed E-state index contributed by atoms with van der Waals surface area (Å²) < 4.78 is 55.3. The zero-order valence-corrected chi connectivity index (χ0v) is 4.45. The van der Waals surface area contributed by atoms with Crippen molar-refractivity contribution in [3.05, 3.63) is 0 Å². The molecule has 64 valence electrons. The molecule has 0 aliphatic heterocycles. The van der Waals surface area contributed by atoms with Crippen LogP contribution in [-0.4, -0.2) is 23.8 Å². The van der Waals surface area contributed by atoms with Crippen LogP contribution in [0.2, 0.25) is 0 Å². The van der Waals surface area contributed by atoms with Gasteiger partial charge in [-0.2, -0.15) is 22.0 Å². The van der Waals surface area contributed by atoms with Gasteiger partial charge in [0.05, 0.1) is 0 Å². The molecule has 0 radical (unpaired) electrons. The fourth-order valence-electron chi connectivity index (χ4n) is 0.0896. The lowest BCUT2D eigenvalue weighted by atomic mass is 10.3. The van der Waals surface area contributed by atoms with Crippen LogP contribution >= 0.6 is 0 Å². The maximum absolute atomic E-state index is 11.3. The summed E-state index contributed by atoms with van der Waals surface area (Å²) >= 11 is 0. The third kappa shape index (κ3) is 2.42. The zero-order chi connectivity index (χ0) is 7.71. The van der Waals surface area contributed by atoms with E-state index in [0.717, 1.165) is 0 Å². The van der Waals surface area contributed by atoms with E-state index in [2.05, 4.69) is 0 Å². The molecule has 10 heavy (non-hydrogen) atoms. The van der Waals surface area contributed by atoms with E-state index in [4.69, 9.17) is 5.11 Å².